The Bertz CT molecular complexity index is 845. The average Bonchev–Trinajstić information content (AvgIpc) is 3.11. The van der Waals surface area contributed by atoms with Crippen LogP contribution in [-0.4, -0.2) is 36.5 Å². The number of benzene rings is 1. The van der Waals surface area contributed by atoms with Gasteiger partial charge in [-0.25, -0.2) is 9.97 Å². The maximum atomic E-state index is 12.4. The molecule has 25 heavy (non-hydrogen) atoms. The summed E-state index contributed by atoms with van der Waals surface area (Å²) in [5.41, 5.74) is 2.69. The van der Waals surface area contributed by atoms with Gasteiger partial charge in [-0.15, -0.1) is 11.3 Å². The first-order chi connectivity index (χ1) is 12.1. The number of pyridine rings is 1. The monoisotopic (exact) mass is 352 g/mol. The minimum atomic E-state index is -0.115. The lowest BCUT2D eigenvalue weighted by Gasteiger charge is -2.15. The summed E-state index contributed by atoms with van der Waals surface area (Å²) >= 11 is 1.62. The van der Waals surface area contributed by atoms with Crippen LogP contribution in [0.4, 0.5) is 5.82 Å². The summed E-state index contributed by atoms with van der Waals surface area (Å²) in [4.78, 5) is 23.1. The molecule has 0 radical (unpaired) electrons. The van der Waals surface area contributed by atoms with Crippen molar-refractivity contribution in [2.75, 3.05) is 25.5 Å². The summed E-state index contributed by atoms with van der Waals surface area (Å²) in [5.74, 6) is 0.551. The normalized spacial score (nSPS) is 10.5. The van der Waals surface area contributed by atoms with E-state index in [1.807, 2.05) is 42.6 Å². The van der Waals surface area contributed by atoms with Gasteiger partial charge in [-0.05, 0) is 12.1 Å². The minimum Gasteiger partial charge on any atom is -0.362 e. The van der Waals surface area contributed by atoms with Gasteiger partial charge in [0.15, 0.2) is 0 Å². The van der Waals surface area contributed by atoms with E-state index in [2.05, 4.69) is 27.4 Å². The number of nitrogens with one attached hydrogen (secondary N) is 1. The molecule has 0 fully saturated rings. The van der Waals surface area contributed by atoms with Crippen LogP contribution in [0.3, 0.4) is 0 Å². The molecule has 1 amide bonds. The molecule has 0 aliphatic heterocycles. The van der Waals surface area contributed by atoms with Crippen molar-refractivity contribution in [3.8, 4) is 10.6 Å². The largest absolute Gasteiger partial charge is 0.362 e. The highest BCUT2D eigenvalue weighted by Gasteiger charge is 2.13. The van der Waals surface area contributed by atoms with E-state index >= 15 is 0 Å². The van der Waals surface area contributed by atoms with Crippen LogP contribution in [0.2, 0.25) is 0 Å². The zero-order chi connectivity index (χ0) is 17.6. The van der Waals surface area contributed by atoms with E-state index in [1.54, 1.807) is 29.7 Å². The number of rotatable bonds is 6. The highest BCUT2D eigenvalue weighted by Crippen LogP contribution is 2.23. The van der Waals surface area contributed by atoms with Crippen molar-refractivity contribution in [1.82, 2.24) is 15.3 Å². The molecule has 2 aromatic heterocycles. The number of nitrogens with zero attached hydrogens (tertiary/aromatic N) is 3. The van der Waals surface area contributed by atoms with Gasteiger partial charge in [0.2, 0.25) is 0 Å². The molecule has 3 rings (SSSR count). The molecule has 0 atom stereocenters. The summed E-state index contributed by atoms with van der Waals surface area (Å²) < 4.78 is 0. The lowest BCUT2D eigenvalue weighted by Crippen LogP contribution is -2.28. The molecule has 3 aromatic rings. The topological polar surface area (TPSA) is 58.1 Å². The van der Waals surface area contributed by atoms with Crippen LogP contribution in [0.5, 0.6) is 0 Å². The van der Waals surface area contributed by atoms with Crippen LogP contribution in [0.1, 0.15) is 16.1 Å². The molecular formula is C19H20N4OS. The lowest BCUT2D eigenvalue weighted by atomic mass is 10.2. The third-order valence-corrected chi connectivity index (χ3v) is 4.63. The molecule has 0 aliphatic carbocycles. The number of thiazole rings is 1. The molecule has 0 spiro atoms. The van der Waals surface area contributed by atoms with Gasteiger partial charge in [-0.2, -0.15) is 0 Å². The zero-order valence-corrected chi connectivity index (χ0v) is 15.1. The summed E-state index contributed by atoms with van der Waals surface area (Å²) in [5, 5.41) is 6.00. The standard InChI is InChI=1S/C19H20N4OS/c1-23(2)17-16(9-6-11-20-17)18(24)21-12-10-15-13-25-19(22-15)14-7-4-3-5-8-14/h3-9,11,13H,10,12H2,1-2H3,(H,21,24). The number of aromatic nitrogens is 2. The predicted octanol–water partition coefficient (Wildman–Crippen LogP) is 3.24. The fraction of sp³-hybridized carbons (Fsp3) is 0.211. The second kappa shape index (κ2) is 7.90. The second-order valence-electron chi connectivity index (χ2n) is 5.78. The van der Waals surface area contributed by atoms with Crippen molar-refractivity contribution in [1.29, 1.82) is 0 Å². The third-order valence-electron chi connectivity index (χ3n) is 3.69. The minimum absolute atomic E-state index is 0.115. The first-order valence-corrected chi connectivity index (χ1v) is 8.93. The number of amides is 1. The molecule has 0 saturated heterocycles. The quantitative estimate of drug-likeness (QED) is 0.740. The molecule has 0 aliphatic rings. The van der Waals surface area contributed by atoms with Crippen LogP contribution in [0.25, 0.3) is 10.6 Å². The third kappa shape index (κ3) is 4.22. The summed E-state index contributed by atoms with van der Waals surface area (Å²) in [6.45, 7) is 0.540. The fourth-order valence-electron chi connectivity index (χ4n) is 2.47. The maximum absolute atomic E-state index is 12.4. The van der Waals surface area contributed by atoms with Crippen molar-refractivity contribution in [2.24, 2.45) is 0 Å². The van der Waals surface area contributed by atoms with Gasteiger partial charge >= 0.3 is 0 Å². The fourth-order valence-corrected chi connectivity index (χ4v) is 3.33. The van der Waals surface area contributed by atoms with Crippen molar-refractivity contribution >= 4 is 23.1 Å². The molecule has 2 heterocycles. The van der Waals surface area contributed by atoms with Crippen LogP contribution in [0, 0.1) is 0 Å². The Morgan fingerprint density at radius 2 is 1.96 bits per heavy atom. The van der Waals surface area contributed by atoms with E-state index in [1.165, 1.54) is 0 Å². The van der Waals surface area contributed by atoms with Gasteiger partial charge in [0, 0.05) is 44.2 Å². The van der Waals surface area contributed by atoms with E-state index < -0.39 is 0 Å². The number of anilines is 1. The molecule has 1 aromatic carbocycles. The Morgan fingerprint density at radius 3 is 2.72 bits per heavy atom. The molecule has 0 saturated carbocycles. The summed E-state index contributed by atoms with van der Waals surface area (Å²) in [7, 11) is 3.75. The summed E-state index contributed by atoms with van der Waals surface area (Å²) in [6, 6.07) is 13.7. The second-order valence-corrected chi connectivity index (χ2v) is 6.64. The van der Waals surface area contributed by atoms with E-state index in [0.29, 0.717) is 24.3 Å². The molecule has 0 unspecified atom stereocenters. The van der Waals surface area contributed by atoms with Crippen molar-refractivity contribution in [3.05, 3.63) is 65.3 Å². The number of hydrogen-bond acceptors (Lipinski definition) is 5. The Labute approximate surface area is 151 Å². The van der Waals surface area contributed by atoms with Crippen LogP contribution in [0.15, 0.2) is 54.0 Å². The summed E-state index contributed by atoms with van der Waals surface area (Å²) in [6.07, 6.45) is 2.39. The Balaban J connectivity index is 1.59. The molecule has 0 bridgehead atoms. The smallest absolute Gasteiger partial charge is 0.255 e. The molecule has 6 heteroatoms. The van der Waals surface area contributed by atoms with Crippen molar-refractivity contribution < 1.29 is 4.79 Å². The number of hydrogen-bond donors (Lipinski definition) is 1. The Kier molecular flexibility index (Phi) is 5.40. The van der Waals surface area contributed by atoms with Gasteiger partial charge in [-0.1, -0.05) is 30.3 Å². The van der Waals surface area contributed by atoms with Crippen molar-refractivity contribution in [2.45, 2.75) is 6.42 Å². The van der Waals surface area contributed by atoms with Crippen LogP contribution in [-0.2, 0) is 6.42 Å². The van der Waals surface area contributed by atoms with Crippen LogP contribution < -0.4 is 10.2 Å². The van der Waals surface area contributed by atoms with Crippen LogP contribution >= 0.6 is 11.3 Å². The van der Waals surface area contributed by atoms with Gasteiger partial charge in [0.1, 0.15) is 10.8 Å². The number of carbonyl (C=O) groups is 1. The predicted molar refractivity (Wildman–Crippen MR) is 102 cm³/mol. The van der Waals surface area contributed by atoms with E-state index in [-0.39, 0.29) is 5.91 Å². The van der Waals surface area contributed by atoms with E-state index in [0.717, 1.165) is 16.3 Å². The molecule has 5 nitrogen and oxygen atoms in total. The van der Waals surface area contributed by atoms with Gasteiger partial charge < -0.3 is 10.2 Å². The first-order valence-electron chi connectivity index (χ1n) is 8.05. The Morgan fingerprint density at radius 1 is 1.16 bits per heavy atom. The average molecular weight is 352 g/mol. The van der Waals surface area contributed by atoms with E-state index in [4.69, 9.17) is 0 Å². The highest BCUT2D eigenvalue weighted by atomic mass is 32.1. The van der Waals surface area contributed by atoms with Crippen molar-refractivity contribution in [3.63, 3.8) is 0 Å². The Hall–Kier alpha value is -2.73. The van der Waals surface area contributed by atoms with Gasteiger partial charge in [0.25, 0.3) is 5.91 Å². The SMILES string of the molecule is CN(C)c1ncccc1C(=O)NCCc1csc(-c2ccccc2)n1. The van der Waals surface area contributed by atoms with Gasteiger partial charge in [0.05, 0.1) is 11.3 Å². The molecule has 128 valence electrons. The van der Waals surface area contributed by atoms with E-state index in [9.17, 15) is 4.79 Å². The maximum Gasteiger partial charge on any atom is 0.255 e. The molecular weight excluding hydrogens is 332 g/mol. The first kappa shape index (κ1) is 17.1. The molecule has 1 N–H and O–H groups in total. The van der Waals surface area contributed by atoms with Gasteiger partial charge in [-0.3, -0.25) is 4.79 Å². The lowest BCUT2D eigenvalue weighted by molar-refractivity contribution is 0.0954. The number of carbonyl (C=O) groups excluding carboxylic acids is 1. The highest BCUT2D eigenvalue weighted by molar-refractivity contribution is 7.13. The zero-order valence-electron chi connectivity index (χ0n) is 14.3.